The van der Waals surface area contributed by atoms with E-state index in [2.05, 4.69) is 10.3 Å². The molecule has 6 nitrogen and oxygen atoms in total. The maximum absolute atomic E-state index is 12.3. The number of hydrogen-bond acceptors (Lipinski definition) is 6. The molecular weight excluding hydrogens is 459 g/mol. The molecule has 1 N–H and O–H groups in total. The molecule has 9 heteroatoms. The number of rotatable bonds is 4. The van der Waals surface area contributed by atoms with Gasteiger partial charge in [-0.1, -0.05) is 47.5 Å². The van der Waals surface area contributed by atoms with E-state index in [1.165, 1.54) is 7.11 Å². The number of hydrogen-bond donors (Lipinski definition) is 1. The number of esters is 1. The van der Waals surface area contributed by atoms with Gasteiger partial charge in [-0.15, -0.1) is 0 Å². The van der Waals surface area contributed by atoms with Gasteiger partial charge in [-0.2, -0.15) is 0 Å². The van der Waals surface area contributed by atoms with E-state index in [0.29, 0.717) is 48.5 Å². The van der Waals surface area contributed by atoms with Crippen LogP contribution in [0.4, 0.5) is 5.69 Å². The fraction of sp³-hybridized carbons (Fsp3) is 0.0455. The molecule has 0 aliphatic carbocycles. The number of ether oxygens (including phenoxy) is 1. The summed E-state index contributed by atoms with van der Waals surface area (Å²) in [7, 11) is 1.32. The minimum absolute atomic E-state index is 0.309. The second kappa shape index (κ2) is 9.01. The molecule has 2 heterocycles. The number of nitrogens with one attached hydrogen (secondary N) is 1. The molecule has 1 aliphatic rings. The first-order valence-corrected chi connectivity index (χ1v) is 10.5. The molecule has 0 radical (unpaired) electrons. The average Bonchev–Trinajstić information content (AvgIpc) is 3.37. The predicted octanol–water partition coefficient (Wildman–Crippen LogP) is 5.93. The maximum atomic E-state index is 12.3. The summed E-state index contributed by atoms with van der Waals surface area (Å²) in [6.45, 7) is 0. The molecule has 0 unspecified atom stereocenters. The van der Waals surface area contributed by atoms with Crippen LogP contribution in [0.15, 0.2) is 68.9 Å². The van der Waals surface area contributed by atoms with E-state index in [0.717, 1.165) is 11.8 Å². The lowest BCUT2D eigenvalue weighted by molar-refractivity contribution is -0.115. The van der Waals surface area contributed by atoms with Crippen LogP contribution in [0, 0.1) is 0 Å². The number of thioether (sulfide) groups is 1. The number of furan rings is 1. The van der Waals surface area contributed by atoms with Gasteiger partial charge in [0.2, 0.25) is 0 Å². The highest BCUT2D eigenvalue weighted by Gasteiger charge is 2.25. The van der Waals surface area contributed by atoms with Crippen molar-refractivity contribution in [1.29, 1.82) is 0 Å². The first-order valence-electron chi connectivity index (χ1n) is 8.97. The van der Waals surface area contributed by atoms with Crippen molar-refractivity contribution < 1.29 is 18.7 Å². The van der Waals surface area contributed by atoms with Gasteiger partial charge in [0.05, 0.1) is 33.3 Å². The molecule has 1 fully saturated rings. The molecule has 3 aromatic rings. The molecule has 31 heavy (non-hydrogen) atoms. The van der Waals surface area contributed by atoms with E-state index in [1.807, 2.05) is 0 Å². The van der Waals surface area contributed by atoms with E-state index in [1.54, 1.807) is 60.7 Å². The third-order valence-electron chi connectivity index (χ3n) is 4.30. The van der Waals surface area contributed by atoms with Crippen molar-refractivity contribution in [1.82, 2.24) is 5.32 Å². The van der Waals surface area contributed by atoms with Gasteiger partial charge < -0.3 is 14.5 Å². The molecule has 1 aromatic heterocycles. The molecule has 156 valence electrons. The Labute approximate surface area is 191 Å². The van der Waals surface area contributed by atoms with Gasteiger partial charge in [-0.3, -0.25) is 4.79 Å². The van der Waals surface area contributed by atoms with E-state index in [4.69, 9.17) is 32.4 Å². The van der Waals surface area contributed by atoms with Gasteiger partial charge in [0.1, 0.15) is 11.5 Å². The first-order chi connectivity index (χ1) is 15.0. The van der Waals surface area contributed by atoms with E-state index in [9.17, 15) is 9.59 Å². The van der Waals surface area contributed by atoms with Gasteiger partial charge in [-0.25, -0.2) is 9.79 Å². The summed E-state index contributed by atoms with van der Waals surface area (Å²) >= 11 is 13.3. The largest absolute Gasteiger partial charge is 0.465 e. The van der Waals surface area contributed by atoms with Crippen molar-refractivity contribution in [3.05, 3.63) is 80.9 Å². The minimum atomic E-state index is -0.460. The first kappa shape index (κ1) is 21.2. The highest BCUT2D eigenvalue weighted by molar-refractivity contribution is 8.18. The van der Waals surface area contributed by atoms with Crippen LogP contribution in [0.3, 0.4) is 0 Å². The Morgan fingerprint density at radius 2 is 1.94 bits per heavy atom. The molecule has 0 atom stereocenters. The van der Waals surface area contributed by atoms with Crippen LogP contribution in [0.2, 0.25) is 10.0 Å². The zero-order valence-corrected chi connectivity index (χ0v) is 18.3. The number of amides is 1. The molecule has 0 saturated carbocycles. The topological polar surface area (TPSA) is 80.9 Å². The lowest BCUT2D eigenvalue weighted by Gasteiger charge is -2.04. The van der Waals surface area contributed by atoms with Crippen molar-refractivity contribution in [2.24, 2.45) is 4.99 Å². The maximum Gasteiger partial charge on any atom is 0.338 e. The lowest BCUT2D eigenvalue weighted by atomic mass is 10.1. The normalized spacial score (nSPS) is 16.0. The molecule has 2 aromatic carbocycles. The van der Waals surface area contributed by atoms with Crippen molar-refractivity contribution >= 4 is 63.8 Å². The highest BCUT2D eigenvalue weighted by Crippen LogP contribution is 2.35. The number of carbonyl (C=O) groups is 2. The van der Waals surface area contributed by atoms with Crippen LogP contribution in [-0.2, 0) is 9.53 Å². The van der Waals surface area contributed by atoms with Gasteiger partial charge in [0.25, 0.3) is 5.91 Å². The summed E-state index contributed by atoms with van der Waals surface area (Å²) in [5.41, 5.74) is 1.44. The standard InChI is InChI=1S/C22H14Cl2N2O4S/c1-29-21(28)14-6-3-2-5-13(14)17-10-9-12(30-17)11-18-20(27)26-22(31-18)25-16-8-4-7-15(23)19(16)24/h2-11H,1H3,(H,25,26,27)/b18-11+. The molecule has 1 saturated heterocycles. The molecule has 1 amide bonds. The Kier molecular flexibility index (Phi) is 6.18. The molecule has 0 bridgehead atoms. The number of halogens is 2. The summed E-state index contributed by atoms with van der Waals surface area (Å²) in [5.74, 6) is 0.165. The summed E-state index contributed by atoms with van der Waals surface area (Å²) in [4.78, 5) is 29.1. The van der Waals surface area contributed by atoms with Crippen molar-refractivity contribution in [3.63, 3.8) is 0 Å². The van der Waals surface area contributed by atoms with Gasteiger partial charge in [-0.05, 0) is 42.1 Å². The Bertz CT molecular complexity index is 1250. The second-order valence-corrected chi connectivity index (χ2v) is 8.11. The van der Waals surface area contributed by atoms with Crippen molar-refractivity contribution in [2.75, 3.05) is 7.11 Å². The Morgan fingerprint density at radius 3 is 2.74 bits per heavy atom. The second-order valence-electron chi connectivity index (χ2n) is 6.29. The number of carbonyl (C=O) groups excluding carboxylic acids is 2. The fourth-order valence-electron chi connectivity index (χ4n) is 2.86. The third-order valence-corrected chi connectivity index (χ3v) is 6.02. The molecule has 4 rings (SSSR count). The number of methoxy groups -OCH3 is 1. The summed E-state index contributed by atoms with van der Waals surface area (Å²) in [6, 6.07) is 15.5. The predicted molar refractivity (Wildman–Crippen MR) is 123 cm³/mol. The zero-order chi connectivity index (χ0) is 22.0. The Balaban J connectivity index is 1.59. The molecule has 1 aliphatic heterocycles. The van der Waals surface area contributed by atoms with Crippen LogP contribution in [0.25, 0.3) is 17.4 Å². The summed E-state index contributed by atoms with van der Waals surface area (Å²) in [5, 5.41) is 3.76. The van der Waals surface area contributed by atoms with Crippen LogP contribution in [0.1, 0.15) is 16.1 Å². The molecular formula is C22H14Cl2N2O4S. The van der Waals surface area contributed by atoms with E-state index >= 15 is 0 Å². The van der Waals surface area contributed by atoms with Gasteiger partial charge in [0, 0.05) is 11.6 Å². The van der Waals surface area contributed by atoms with Crippen LogP contribution < -0.4 is 5.32 Å². The number of amidine groups is 1. The van der Waals surface area contributed by atoms with Crippen LogP contribution in [-0.4, -0.2) is 24.2 Å². The quantitative estimate of drug-likeness (QED) is 0.375. The van der Waals surface area contributed by atoms with Crippen molar-refractivity contribution in [3.8, 4) is 11.3 Å². The monoisotopic (exact) mass is 472 g/mol. The SMILES string of the molecule is COC(=O)c1ccccc1-c1ccc(/C=C2/SC(=Nc3cccc(Cl)c3Cl)NC2=O)o1. The molecule has 0 spiro atoms. The Hall–Kier alpha value is -3.00. The van der Waals surface area contributed by atoms with Gasteiger partial charge in [0.15, 0.2) is 5.17 Å². The lowest BCUT2D eigenvalue weighted by Crippen LogP contribution is -2.19. The van der Waals surface area contributed by atoms with E-state index in [-0.39, 0.29) is 5.91 Å². The summed E-state index contributed by atoms with van der Waals surface area (Å²) < 4.78 is 10.7. The number of nitrogens with zero attached hydrogens (tertiary/aromatic N) is 1. The van der Waals surface area contributed by atoms with E-state index < -0.39 is 5.97 Å². The third kappa shape index (κ3) is 4.54. The van der Waals surface area contributed by atoms with Crippen LogP contribution >= 0.6 is 35.0 Å². The fourth-order valence-corrected chi connectivity index (χ4v) is 4.01. The average molecular weight is 473 g/mol. The van der Waals surface area contributed by atoms with Crippen LogP contribution in [0.5, 0.6) is 0 Å². The minimum Gasteiger partial charge on any atom is -0.465 e. The number of aliphatic imine (C=N–C) groups is 1. The summed E-state index contributed by atoms with van der Waals surface area (Å²) in [6.07, 6.45) is 1.60. The van der Waals surface area contributed by atoms with Gasteiger partial charge >= 0.3 is 5.97 Å². The zero-order valence-electron chi connectivity index (χ0n) is 16.0. The highest BCUT2D eigenvalue weighted by atomic mass is 35.5. The number of benzene rings is 2. The smallest absolute Gasteiger partial charge is 0.338 e. The van der Waals surface area contributed by atoms with Crippen molar-refractivity contribution in [2.45, 2.75) is 0 Å². The Morgan fingerprint density at radius 1 is 1.13 bits per heavy atom.